The summed E-state index contributed by atoms with van der Waals surface area (Å²) in [5.41, 5.74) is 1.62. The first-order valence-corrected chi connectivity index (χ1v) is 9.76. The molecule has 0 radical (unpaired) electrons. The quantitative estimate of drug-likeness (QED) is 0.611. The molecule has 0 atom stereocenters. The normalized spacial score (nSPS) is 19.5. The molecule has 2 heterocycles. The standard InChI is InChI=1S/C19H22FN3O3S/c1-22-7-9-23(10-8-22)11-16(24)21-18-17(19(25)26-2)15(12-27-18)13-3-5-14(20)6-4-13/h3-6,12H,7-11H2,1-2H3,(H,21,24)/p+2. The van der Waals surface area contributed by atoms with Crippen molar-refractivity contribution in [3.63, 3.8) is 0 Å². The highest BCUT2D eigenvalue weighted by Crippen LogP contribution is 2.36. The molecule has 0 unspecified atom stereocenters. The lowest BCUT2D eigenvalue weighted by Gasteiger charge is -2.26. The van der Waals surface area contributed by atoms with Crippen LogP contribution in [0, 0.1) is 5.82 Å². The predicted octanol–water partition coefficient (Wildman–Crippen LogP) is -0.307. The third-order valence-electron chi connectivity index (χ3n) is 4.81. The van der Waals surface area contributed by atoms with Crippen LogP contribution in [0.25, 0.3) is 11.1 Å². The van der Waals surface area contributed by atoms with Crippen molar-refractivity contribution in [1.29, 1.82) is 0 Å². The van der Waals surface area contributed by atoms with Crippen molar-refractivity contribution in [2.45, 2.75) is 0 Å². The summed E-state index contributed by atoms with van der Waals surface area (Å²) in [7, 11) is 3.46. The zero-order valence-corrected chi connectivity index (χ0v) is 16.2. The van der Waals surface area contributed by atoms with E-state index in [1.807, 2.05) is 0 Å². The third kappa shape index (κ3) is 4.71. The number of ether oxygens (including phenoxy) is 1. The van der Waals surface area contributed by atoms with Gasteiger partial charge in [0.1, 0.15) is 42.6 Å². The van der Waals surface area contributed by atoms with Gasteiger partial charge in [0.15, 0.2) is 6.54 Å². The van der Waals surface area contributed by atoms with E-state index in [-0.39, 0.29) is 11.7 Å². The number of methoxy groups -OCH3 is 1. The summed E-state index contributed by atoms with van der Waals surface area (Å²) in [5, 5.41) is 5.11. The Hall–Kier alpha value is -2.29. The maximum Gasteiger partial charge on any atom is 0.341 e. The average Bonchev–Trinajstić information content (AvgIpc) is 3.07. The number of quaternary nitrogens is 2. The number of piperazine rings is 1. The van der Waals surface area contributed by atoms with Gasteiger partial charge in [-0.25, -0.2) is 9.18 Å². The first-order chi connectivity index (χ1) is 13.0. The Labute approximate surface area is 161 Å². The average molecular weight is 393 g/mol. The summed E-state index contributed by atoms with van der Waals surface area (Å²) in [4.78, 5) is 27.5. The minimum absolute atomic E-state index is 0.123. The molecular formula is C19H24FN3O3S+2. The monoisotopic (exact) mass is 393 g/mol. The van der Waals surface area contributed by atoms with Crippen molar-refractivity contribution in [1.82, 2.24) is 0 Å². The zero-order chi connectivity index (χ0) is 19.4. The van der Waals surface area contributed by atoms with E-state index >= 15 is 0 Å². The van der Waals surface area contributed by atoms with Crippen molar-refractivity contribution in [2.75, 3.05) is 52.2 Å². The molecule has 0 bridgehead atoms. The number of halogens is 1. The SMILES string of the molecule is COC(=O)c1c(-c2ccc(F)cc2)csc1NC(=O)C[NH+]1CC[NH+](C)CC1. The van der Waals surface area contributed by atoms with Gasteiger partial charge >= 0.3 is 5.97 Å². The number of thiophene rings is 1. The van der Waals surface area contributed by atoms with E-state index in [0.717, 1.165) is 26.2 Å². The number of benzene rings is 1. The number of nitrogens with one attached hydrogen (secondary N) is 3. The van der Waals surface area contributed by atoms with Gasteiger partial charge in [-0.2, -0.15) is 0 Å². The van der Waals surface area contributed by atoms with Crippen molar-refractivity contribution in [3.05, 3.63) is 41.0 Å². The largest absolute Gasteiger partial charge is 0.465 e. The summed E-state index contributed by atoms with van der Waals surface area (Å²) in [5.74, 6) is -0.997. The molecule has 1 aromatic heterocycles. The molecular weight excluding hydrogens is 369 g/mol. The Kier molecular flexibility index (Phi) is 6.20. The number of likely N-dealkylation sites (N-methyl/N-ethyl adjacent to an activating group) is 1. The number of amides is 1. The Bertz CT molecular complexity index is 814. The lowest BCUT2D eigenvalue weighted by atomic mass is 10.0. The Morgan fingerprint density at radius 2 is 1.85 bits per heavy atom. The molecule has 2 aromatic rings. The predicted molar refractivity (Wildman–Crippen MR) is 102 cm³/mol. The van der Waals surface area contributed by atoms with Crippen LogP contribution < -0.4 is 15.1 Å². The van der Waals surface area contributed by atoms with E-state index in [2.05, 4.69) is 12.4 Å². The fraction of sp³-hybridized carbons (Fsp3) is 0.368. The molecule has 144 valence electrons. The van der Waals surface area contributed by atoms with Crippen LogP contribution in [0.1, 0.15) is 10.4 Å². The van der Waals surface area contributed by atoms with Gasteiger partial charge in [0.05, 0.1) is 14.2 Å². The highest BCUT2D eigenvalue weighted by molar-refractivity contribution is 7.15. The van der Waals surface area contributed by atoms with Gasteiger partial charge in [-0.15, -0.1) is 11.3 Å². The Morgan fingerprint density at radius 3 is 2.48 bits per heavy atom. The molecule has 8 heteroatoms. The van der Waals surface area contributed by atoms with Gasteiger partial charge in [0, 0.05) is 10.9 Å². The molecule has 1 fully saturated rings. The van der Waals surface area contributed by atoms with Crippen molar-refractivity contribution < 1.29 is 28.5 Å². The highest BCUT2D eigenvalue weighted by Gasteiger charge is 2.25. The summed E-state index contributed by atoms with van der Waals surface area (Å²) in [6.45, 7) is 4.37. The van der Waals surface area contributed by atoms with Crippen LogP contribution in [0.15, 0.2) is 29.6 Å². The second-order valence-electron chi connectivity index (χ2n) is 6.78. The first kappa shape index (κ1) is 19.5. The van der Waals surface area contributed by atoms with Gasteiger partial charge in [-0.3, -0.25) is 4.79 Å². The second kappa shape index (κ2) is 8.60. The summed E-state index contributed by atoms with van der Waals surface area (Å²) in [6.07, 6.45) is 0. The molecule has 0 aliphatic carbocycles. The first-order valence-electron chi connectivity index (χ1n) is 8.88. The topological polar surface area (TPSA) is 64.3 Å². The molecule has 3 rings (SSSR count). The minimum atomic E-state index is -0.526. The molecule has 1 aliphatic rings. The number of hydrogen-bond acceptors (Lipinski definition) is 4. The molecule has 1 aromatic carbocycles. The van der Waals surface area contributed by atoms with Gasteiger partial charge in [-0.05, 0) is 17.7 Å². The Morgan fingerprint density at radius 1 is 1.19 bits per heavy atom. The van der Waals surface area contributed by atoms with E-state index in [9.17, 15) is 14.0 Å². The molecule has 0 spiro atoms. The van der Waals surface area contributed by atoms with E-state index in [0.29, 0.717) is 28.2 Å². The van der Waals surface area contributed by atoms with Crippen molar-refractivity contribution in [3.8, 4) is 11.1 Å². The Balaban J connectivity index is 1.77. The van der Waals surface area contributed by atoms with Crippen molar-refractivity contribution >= 4 is 28.2 Å². The highest BCUT2D eigenvalue weighted by atomic mass is 32.1. The zero-order valence-electron chi connectivity index (χ0n) is 15.4. The van der Waals surface area contributed by atoms with Crippen LogP contribution in [-0.4, -0.2) is 58.8 Å². The summed E-state index contributed by atoms with van der Waals surface area (Å²) in [6, 6.07) is 5.88. The van der Waals surface area contributed by atoms with Gasteiger partial charge in [0.25, 0.3) is 5.91 Å². The van der Waals surface area contributed by atoms with E-state index < -0.39 is 5.97 Å². The van der Waals surface area contributed by atoms with E-state index in [4.69, 9.17) is 4.74 Å². The number of hydrogen-bond donors (Lipinski definition) is 3. The number of carbonyl (C=O) groups excluding carboxylic acids is 2. The smallest absolute Gasteiger partial charge is 0.341 e. The molecule has 1 amide bonds. The van der Waals surface area contributed by atoms with Gasteiger partial charge < -0.3 is 19.9 Å². The lowest BCUT2D eigenvalue weighted by Crippen LogP contribution is -3.27. The van der Waals surface area contributed by atoms with Gasteiger partial charge in [-0.1, -0.05) is 12.1 Å². The van der Waals surface area contributed by atoms with E-state index in [1.165, 1.54) is 40.4 Å². The molecule has 6 nitrogen and oxygen atoms in total. The summed E-state index contributed by atoms with van der Waals surface area (Å²) < 4.78 is 18.1. The number of anilines is 1. The van der Waals surface area contributed by atoms with Crippen LogP contribution in [0.5, 0.6) is 0 Å². The minimum Gasteiger partial charge on any atom is -0.465 e. The summed E-state index contributed by atoms with van der Waals surface area (Å²) >= 11 is 1.27. The second-order valence-corrected chi connectivity index (χ2v) is 7.66. The fourth-order valence-electron chi connectivity index (χ4n) is 3.20. The van der Waals surface area contributed by atoms with Crippen LogP contribution in [-0.2, 0) is 9.53 Å². The maximum atomic E-state index is 13.2. The van der Waals surface area contributed by atoms with E-state index in [1.54, 1.807) is 17.5 Å². The van der Waals surface area contributed by atoms with Crippen LogP contribution in [0.4, 0.5) is 9.39 Å². The number of carbonyl (C=O) groups is 2. The van der Waals surface area contributed by atoms with Crippen LogP contribution in [0.2, 0.25) is 0 Å². The van der Waals surface area contributed by atoms with Crippen LogP contribution >= 0.6 is 11.3 Å². The fourth-order valence-corrected chi connectivity index (χ4v) is 4.18. The molecule has 3 N–H and O–H groups in total. The maximum absolute atomic E-state index is 13.2. The van der Waals surface area contributed by atoms with Crippen molar-refractivity contribution in [2.24, 2.45) is 0 Å². The molecule has 1 saturated heterocycles. The van der Waals surface area contributed by atoms with Crippen LogP contribution in [0.3, 0.4) is 0 Å². The third-order valence-corrected chi connectivity index (χ3v) is 5.71. The molecule has 0 saturated carbocycles. The van der Waals surface area contributed by atoms with Gasteiger partial charge in [0.2, 0.25) is 0 Å². The number of rotatable bonds is 5. The number of esters is 1. The lowest BCUT2D eigenvalue weighted by molar-refractivity contribution is -0.999. The molecule has 27 heavy (non-hydrogen) atoms. The molecule has 1 aliphatic heterocycles.